The van der Waals surface area contributed by atoms with Crippen LogP contribution in [0, 0.1) is 0 Å². The fraction of sp³-hybridized carbons (Fsp3) is 0.0645. The van der Waals surface area contributed by atoms with Gasteiger partial charge in [-0.2, -0.15) is 0 Å². The van der Waals surface area contributed by atoms with Gasteiger partial charge in [0.2, 0.25) is 0 Å². The van der Waals surface area contributed by atoms with Gasteiger partial charge in [0.05, 0.1) is 5.41 Å². The average Bonchev–Trinajstić information content (AvgIpc) is 3.78. The van der Waals surface area contributed by atoms with Crippen molar-refractivity contribution in [1.29, 1.82) is 0 Å². The molecule has 296 valence electrons. The summed E-state index contributed by atoms with van der Waals surface area (Å²) in [4.78, 5) is 2.44. The summed E-state index contributed by atoms with van der Waals surface area (Å²) in [5.74, 6) is 0. The Balaban J connectivity index is 0.964. The van der Waals surface area contributed by atoms with Gasteiger partial charge in [-0.1, -0.05) is 184 Å². The third kappa shape index (κ3) is 5.11. The highest BCUT2D eigenvalue weighted by atomic mass is 15.1. The molecule has 1 atom stereocenters. The van der Waals surface area contributed by atoms with Crippen molar-refractivity contribution in [3.8, 4) is 55.6 Å². The summed E-state index contributed by atoms with van der Waals surface area (Å²) in [5.41, 5.74) is 23.9. The highest BCUT2D eigenvalue weighted by molar-refractivity contribution is 6.07. The van der Waals surface area contributed by atoms with E-state index in [9.17, 15) is 0 Å². The molecule has 10 aromatic carbocycles. The maximum atomic E-state index is 2.49. The first kappa shape index (κ1) is 36.0. The molecule has 0 saturated heterocycles. The zero-order valence-electron chi connectivity index (χ0n) is 35.3. The van der Waals surface area contributed by atoms with Gasteiger partial charge < -0.3 is 4.90 Å². The van der Waals surface area contributed by atoms with Crippen LogP contribution in [0.1, 0.15) is 47.2 Å². The van der Waals surface area contributed by atoms with Crippen molar-refractivity contribution in [2.24, 2.45) is 0 Å². The second-order valence-corrected chi connectivity index (χ2v) is 18.0. The summed E-state index contributed by atoms with van der Waals surface area (Å²) in [7, 11) is 0. The second-order valence-electron chi connectivity index (χ2n) is 18.0. The minimum atomic E-state index is -0.380. The van der Waals surface area contributed by atoms with E-state index in [0.717, 1.165) is 17.1 Å². The predicted molar refractivity (Wildman–Crippen MR) is 263 cm³/mol. The van der Waals surface area contributed by atoms with Crippen LogP contribution in [0.5, 0.6) is 0 Å². The molecule has 1 heteroatoms. The molecular formula is C62H43N. The first-order valence-corrected chi connectivity index (χ1v) is 22.2. The van der Waals surface area contributed by atoms with Crippen LogP contribution >= 0.6 is 0 Å². The van der Waals surface area contributed by atoms with E-state index in [2.05, 4.69) is 243 Å². The summed E-state index contributed by atoms with van der Waals surface area (Å²) in [5, 5.41) is 2.68. The third-order valence-electron chi connectivity index (χ3n) is 14.5. The van der Waals surface area contributed by atoms with Crippen LogP contribution in [0.3, 0.4) is 0 Å². The highest BCUT2D eigenvalue weighted by Crippen LogP contribution is 2.65. The number of benzene rings is 10. The number of anilines is 3. The number of hydrogen-bond donors (Lipinski definition) is 0. The van der Waals surface area contributed by atoms with Crippen LogP contribution in [0.15, 0.2) is 224 Å². The summed E-state index contributed by atoms with van der Waals surface area (Å²) in [6, 6.07) is 83.8. The number of nitrogens with zero attached hydrogens (tertiary/aromatic N) is 1. The van der Waals surface area contributed by atoms with E-state index in [1.165, 1.54) is 99.8 Å². The van der Waals surface area contributed by atoms with E-state index in [1.54, 1.807) is 0 Å². The first-order valence-electron chi connectivity index (χ1n) is 22.2. The van der Waals surface area contributed by atoms with Crippen LogP contribution < -0.4 is 4.90 Å². The van der Waals surface area contributed by atoms with Gasteiger partial charge in [0.1, 0.15) is 0 Å². The molecule has 0 bridgehead atoms. The standard InChI is InChI=1S/C62H43N/c1-61(2)54-21-11-9-19-50(54)52-34-28-44(37-57(52)61)43-26-31-48(32-27-43)63(47-29-24-42(25-30-47)40-14-5-3-6-15-40)49-33-35-53-51-20-10-12-22-55(51)62(58(53)39-49)56-23-13-18-45-36-46(38-59(62)60(45)56)41-16-7-4-8-17-41/h3-39H,1-2H3. The predicted octanol–water partition coefficient (Wildman–Crippen LogP) is 16.3. The molecule has 3 aliphatic carbocycles. The Morgan fingerprint density at radius 2 is 0.762 bits per heavy atom. The van der Waals surface area contributed by atoms with Crippen molar-refractivity contribution in [3.63, 3.8) is 0 Å². The first-order chi connectivity index (χ1) is 31.0. The summed E-state index contributed by atoms with van der Waals surface area (Å²) in [6.07, 6.45) is 0. The molecule has 1 unspecified atom stereocenters. The van der Waals surface area contributed by atoms with E-state index in [4.69, 9.17) is 0 Å². The molecule has 0 N–H and O–H groups in total. The molecule has 0 aliphatic heterocycles. The van der Waals surface area contributed by atoms with Gasteiger partial charge >= 0.3 is 0 Å². The van der Waals surface area contributed by atoms with E-state index in [0.29, 0.717) is 0 Å². The molecule has 13 rings (SSSR count). The monoisotopic (exact) mass is 801 g/mol. The van der Waals surface area contributed by atoms with E-state index >= 15 is 0 Å². The van der Waals surface area contributed by atoms with Gasteiger partial charge in [-0.3, -0.25) is 0 Å². The van der Waals surface area contributed by atoms with Crippen LogP contribution in [-0.4, -0.2) is 0 Å². The van der Waals surface area contributed by atoms with Crippen LogP contribution in [0.25, 0.3) is 66.4 Å². The lowest BCUT2D eigenvalue weighted by molar-refractivity contribution is 0.660. The van der Waals surface area contributed by atoms with Gasteiger partial charge in [0.15, 0.2) is 0 Å². The molecule has 1 nitrogen and oxygen atoms in total. The highest BCUT2D eigenvalue weighted by Gasteiger charge is 2.53. The van der Waals surface area contributed by atoms with Crippen molar-refractivity contribution >= 4 is 27.8 Å². The van der Waals surface area contributed by atoms with Gasteiger partial charge in [-0.15, -0.1) is 0 Å². The lowest BCUT2D eigenvalue weighted by Crippen LogP contribution is -2.36. The molecule has 63 heavy (non-hydrogen) atoms. The maximum absolute atomic E-state index is 2.49. The largest absolute Gasteiger partial charge is 0.310 e. The number of rotatable bonds is 6. The average molecular weight is 802 g/mol. The Morgan fingerprint density at radius 1 is 0.286 bits per heavy atom. The molecule has 0 aromatic heterocycles. The molecule has 3 aliphatic rings. The number of hydrogen-bond acceptors (Lipinski definition) is 1. The Kier molecular flexibility index (Phi) is 7.64. The fourth-order valence-electron chi connectivity index (χ4n) is 11.5. The minimum absolute atomic E-state index is 0.0508. The molecule has 10 aromatic rings. The molecule has 0 fully saturated rings. The third-order valence-corrected chi connectivity index (χ3v) is 14.5. The van der Waals surface area contributed by atoms with Crippen molar-refractivity contribution in [3.05, 3.63) is 258 Å². The minimum Gasteiger partial charge on any atom is -0.310 e. The molecule has 1 spiro atoms. The quantitative estimate of drug-likeness (QED) is 0.162. The normalized spacial score (nSPS) is 15.7. The van der Waals surface area contributed by atoms with Crippen molar-refractivity contribution < 1.29 is 0 Å². The zero-order chi connectivity index (χ0) is 41.9. The second kappa shape index (κ2) is 13.4. The van der Waals surface area contributed by atoms with Crippen LogP contribution in [-0.2, 0) is 10.8 Å². The molecule has 0 saturated carbocycles. The van der Waals surface area contributed by atoms with Crippen molar-refractivity contribution in [1.82, 2.24) is 0 Å². The van der Waals surface area contributed by atoms with Crippen LogP contribution in [0.4, 0.5) is 17.1 Å². The van der Waals surface area contributed by atoms with Crippen molar-refractivity contribution in [2.75, 3.05) is 4.90 Å². The van der Waals surface area contributed by atoms with Gasteiger partial charge in [-0.05, 0) is 154 Å². The summed E-state index contributed by atoms with van der Waals surface area (Å²) in [6.45, 7) is 4.71. The zero-order valence-corrected chi connectivity index (χ0v) is 35.3. The lowest BCUT2D eigenvalue weighted by atomic mass is 9.57. The molecule has 0 radical (unpaired) electrons. The SMILES string of the molecule is CC1(C)c2ccccc2-c2ccc(-c3ccc(N(c4ccc(-c5ccccc5)cc4)c4ccc5c(c4)C4(c6ccccc6-5)c5cccc6cc(-c7ccccc7)cc4c56)cc3)cc21. The van der Waals surface area contributed by atoms with Crippen LogP contribution in [0.2, 0.25) is 0 Å². The van der Waals surface area contributed by atoms with E-state index in [-0.39, 0.29) is 10.8 Å². The van der Waals surface area contributed by atoms with E-state index < -0.39 is 0 Å². The van der Waals surface area contributed by atoms with Gasteiger partial charge in [-0.25, -0.2) is 0 Å². The molecular weight excluding hydrogens is 759 g/mol. The number of fused-ring (bicyclic) bond motifs is 10. The Labute approximate surface area is 369 Å². The van der Waals surface area contributed by atoms with Gasteiger partial charge in [0.25, 0.3) is 0 Å². The Hall–Kier alpha value is -7.74. The molecule has 0 heterocycles. The van der Waals surface area contributed by atoms with Crippen molar-refractivity contribution in [2.45, 2.75) is 24.7 Å². The topological polar surface area (TPSA) is 3.24 Å². The fourth-order valence-corrected chi connectivity index (χ4v) is 11.5. The lowest BCUT2D eigenvalue weighted by Gasteiger charge is -2.44. The Morgan fingerprint density at radius 3 is 1.46 bits per heavy atom. The molecule has 0 amide bonds. The van der Waals surface area contributed by atoms with E-state index in [1.807, 2.05) is 0 Å². The van der Waals surface area contributed by atoms with Gasteiger partial charge in [0, 0.05) is 22.5 Å². The summed E-state index contributed by atoms with van der Waals surface area (Å²) >= 11 is 0. The smallest absolute Gasteiger partial charge is 0.0726 e. The maximum Gasteiger partial charge on any atom is 0.0726 e. The Bertz CT molecular complexity index is 3450. The summed E-state index contributed by atoms with van der Waals surface area (Å²) < 4.78 is 0.